The van der Waals surface area contributed by atoms with Gasteiger partial charge in [-0.3, -0.25) is 19.2 Å². The van der Waals surface area contributed by atoms with Crippen LogP contribution in [0.3, 0.4) is 0 Å². The second-order valence-corrected chi connectivity index (χ2v) is 15.8. The number of rotatable bonds is 5. The molecule has 0 saturated carbocycles. The molecule has 242 valence electrons. The van der Waals surface area contributed by atoms with E-state index in [2.05, 4.69) is 33.4 Å². The lowest BCUT2D eigenvalue weighted by molar-refractivity contribution is -0.149. The predicted octanol–water partition coefficient (Wildman–Crippen LogP) is 3.17. The molecule has 6 aliphatic heterocycles. The van der Waals surface area contributed by atoms with Gasteiger partial charge in [0.15, 0.2) is 0 Å². The molecule has 6 aliphatic rings. The van der Waals surface area contributed by atoms with Crippen molar-refractivity contribution in [3.8, 4) is 0 Å². The molecular formula is C36H32N6O4S2. The summed E-state index contributed by atoms with van der Waals surface area (Å²) in [5, 5.41) is 17.5. The maximum atomic E-state index is 14.5. The summed E-state index contributed by atoms with van der Waals surface area (Å²) in [7, 11) is 0. The van der Waals surface area contributed by atoms with Crippen LogP contribution >= 0.6 is 22.7 Å². The quantitative estimate of drug-likeness (QED) is 0.258. The van der Waals surface area contributed by atoms with Crippen molar-refractivity contribution in [1.82, 2.24) is 20.4 Å². The fourth-order valence-electron chi connectivity index (χ4n) is 9.94. The van der Waals surface area contributed by atoms with E-state index in [1.807, 2.05) is 71.4 Å². The standard InChI is InChI=1S/C36H32N6O4S2/c43-29-27-17-35(21-9-1-3-11-23(21)39-33(35)41(27)31(45)25(37-29)15-19-7-5-13-47-19)36-18-28-30(44)38-26(16-20-8-6-14-48-20)32(46)42(28)34(36)40-24-12-4-2-10-22(24)36/h1-14,25-28,33-34,39-40H,15-18H2,(H,37,43)(H,38,44)/t25-,26-,27-,28-,33+,34+,35-,36+/m0/s1. The minimum absolute atomic E-state index is 0.118. The van der Waals surface area contributed by atoms with Crippen LogP contribution in [-0.2, 0) is 42.8 Å². The Morgan fingerprint density at radius 1 is 0.583 bits per heavy atom. The van der Waals surface area contributed by atoms with Crippen LogP contribution in [0.1, 0.15) is 33.7 Å². The van der Waals surface area contributed by atoms with Crippen molar-refractivity contribution in [2.24, 2.45) is 0 Å². The Hall–Kier alpha value is -4.68. The van der Waals surface area contributed by atoms with Crippen LogP contribution in [0.25, 0.3) is 0 Å². The van der Waals surface area contributed by atoms with Gasteiger partial charge in [-0.25, -0.2) is 0 Å². The molecule has 8 heterocycles. The average Bonchev–Trinajstić information content (AvgIpc) is 3.92. The smallest absolute Gasteiger partial charge is 0.247 e. The lowest BCUT2D eigenvalue weighted by Crippen LogP contribution is -2.67. The highest BCUT2D eigenvalue weighted by Gasteiger charge is 2.78. The van der Waals surface area contributed by atoms with Gasteiger partial charge in [0.05, 0.1) is 10.8 Å². The number of carbonyl (C=O) groups is 4. The summed E-state index contributed by atoms with van der Waals surface area (Å²) < 4.78 is 0. The largest absolute Gasteiger partial charge is 0.364 e. The lowest BCUT2D eigenvalue weighted by Gasteiger charge is -2.48. The fourth-order valence-corrected chi connectivity index (χ4v) is 11.4. The molecule has 0 spiro atoms. The molecule has 12 heteroatoms. The number of amides is 4. The van der Waals surface area contributed by atoms with E-state index in [1.54, 1.807) is 32.5 Å². The van der Waals surface area contributed by atoms with Crippen molar-refractivity contribution in [3.05, 3.63) is 104 Å². The zero-order valence-electron chi connectivity index (χ0n) is 25.7. The molecule has 0 aliphatic carbocycles. The van der Waals surface area contributed by atoms with E-state index >= 15 is 0 Å². The van der Waals surface area contributed by atoms with Crippen LogP contribution < -0.4 is 21.3 Å². The van der Waals surface area contributed by atoms with Crippen molar-refractivity contribution in [3.63, 3.8) is 0 Å². The van der Waals surface area contributed by atoms with E-state index < -0.39 is 47.3 Å². The summed E-state index contributed by atoms with van der Waals surface area (Å²) in [6.45, 7) is 0. The van der Waals surface area contributed by atoms with Crippen molar-refractivity contribution >= 4 is 57.7 Å². The molecule has 48 heavy (non-hydrogen) atoms. The Bertz CT molecular complexity index is 1870. The summed E-state index contributed by atoms with van der Waals surface area (Å²) in [5.41, 5.74) is 2.14. The van der Waals surface area contributed by atoms with Crippen LogP contribution in [0.4, 0.5) is 11.4 Å². The van der Waals surface area contributed by atoms with Gasteiger partial charge in [-0.1, -0.05) is 48.5 Å². The van der Waals surface area contributed by atoms with Crippen LogP contribution in [0, 0.1) is 0 Å². The minimum Gasteiger partial charge on any atom is -0.364 e. The third kappa shape index (κ3) is 3.51. The Morgan fingerprint density at radius 2 is 1.02 bits per heavy atom. The maximum Gasteiger partial charge on any atom is 0.247 e. The molecule has 4 saturated heterocycles. The molecule has 8 atom stereocenters. The Labute approximate surface area is 284 Å². The molecule has 4 N–H and O–H groups in total. The molecular weight excluding hydrogens is 645 g/mol. The molecule has 4 fully saturated rings. The van der Waals surface area contributed by atoms with Gasteiger partial charge in [-0.05, 0) is 59.0 Å². The monoisotopic (exact) mass is 676 g/mol. The Balaban J connectivity index is 1.14. The Morgan fingerprint density at radius 3 is 1.44 bits per heavy atom. The lowest BCUT2D eigenvalue weighted by atomic mass is 9.54. The van der Waals surface area contributed by atoms with Crippen LogP contribution in [0.15, 0.2) is 83.6 Å². The van der Waals surface area contributed by atoms with Crippen molar-refractivity contribution < 1.29 is 19.2 Å². The minimum atomic E-state index is -0.843. The summed E-state index contributed by atoms with van der Waals surface area (Å²) in [5.74, 6) is -0.574. The molecule has 2 aromatic heterocycles. The van der Waals surface area contributed by atoms with Gasteiger partial charge in [0.1, 0.15) is 36.5 Å². The van der Waals surface area contributed by atoms with Crippen molar-refractivity contribution in [1.29, 1.82) is 0 Å². The third-order valence-electron chi connectivity index (χ3n) is 11.7. The maximum absolute atomic E-state index is 14.5. The van der Waals surface area contributed by atoms with Gasteiger partial charge >= 0.3 is 0 Å². The summed E-state index contributed by atoms with van der Waals surface area (Å²) in [4.78, 5) is 62.9. The number of carbonyl (C=O) groups excluding carboxylic acids is 4. The molecule has 0 radical (unpaired) electrons. The molecule has 4 aromatic rings. The van der Waals surface area contributed by atoms with Gasteiger partial charge in [0.25, 0.3) is 0 Å². The first kappa shape index (κ1) is 28.3. The first-order chi connectivity index (χ1) is 23.4. The van der Waals surface area contributed by atoms with E-state index in [-0.39, 0.29) is 23.6 Å². The molecule has 4 amide bonds. The van der Waals surface area contributed by atoms with Gasteiger partial charge < -0.3 is 31.1 Å². The van der Waals surface area contributed by atoms with Crippen LogP contribution in [0.2, 0.25) is 0 Å². The summed E-state index contributed by atoms with van der Waals surface area (Å²) >= 11 is 3.14. The van der Waals surface area contributed by atoms with E-state index in [1.165, 1.54) is 0 Å². The normalized spacial score (nSPS) is 33.9. The molecule has 10 nitrogen and oxygen atoms in total. The first-order valence-electron chi connectivity index (χ1n) is 16.4. The van der Waals surface area contributed by atoms with E-state index in [0.717, 1.165) is 32.3 Å². The second-order valence-electron chi connectivity index (χ2n) is 13.7. The third-order valence-corrected chi connectivity index (χ3v) is 13.5. The first-order valence-corrected chi connectivity index (χ1v) is 18.2. The van der Waals surface area contributed by atoms with E-state index in [9.17, 15) is 19.2 Å². The predicted molar refractivity (Wildman–Crippen MR) is 181 cm³/mol. The number of nitrogens with zero attached hydrogens (tertiary/aromatic N) is 2. The number of para-hydroxylation sites is 2. The number of benzene rings is 2. The van der Waals surface area contributed by atoms with Crippen molar-refractivity contribution in [2.45, 2.75) is 73.0 Å². The molecule has 0 unspecified atom stereocenters. The topological polar surface area (TPSA) is 123 Å². The highest BCUT2D eigenvalue weighted by molar-refractivity contribution is 7.10. The zero-order valence-corrected chi connectivity index (χ0v) is 27.4. The van der Waals surface area contributed by atoms with Crippen molar-refractivity contribution in [2.75, 3.05) is 10.6 Å². The molecule has 0 bridgehead atoms. The van der Waals surface area contributed by atoms with E-state index in [0.29, 0.717) is 25.7 Å². The van der Waals surface area contributed by atoms with Gasteiger partial charge in [0, 0.05) is 34.0 Å². The fraction of sp³-hybridized carbons (Fsp3) is 0.333. The SMILES string of the molecule is O=C1N[C@@H](Cc2cccs2)C(=O)N2[C@H]3Nc4ccccc4[C@@]3([C@@]34C[C@H]5C(=O)N[C@@H](Cc6cccs6)C(=O)N5[C@H]3Nc3ccccc34)C[C@@H]12. The van der Waals surface area contributed by atoms with Crippen LogP contribution in [-0.4, -0.2) is 69.9 Å². The number of piperazine rings is 2. The van der Waals surface area contributed by atoms with Gasteiger partial charge in [-0.2, -0.15) is 0 Å². The zero-order chi connectivity index (χ0) is 32.4. The van der Waals surface area contributed by atoms with Gasteiger partial charge in [-0.15, -0.1) is 22.7 Å². The number of hydrogen-bond acceptors (Lipinski definition) is 8. The number of thiophene rings is 2. The van der Waals surface area contributed by atoms with Crippen LogP contribution in [0.5, 0.6) is 0 Å². The Kier molecular flexibility index (Phi) is 5.86. The van der Waals surface area contributed by atoms with E-state index in [4.69, 9.17) is 0 Å². The number of nitrogens with one attached hydrogen (secondary N) is 4. The summed E-state index contributed by atoms with van der Waals surface area (Å²) in [6.07, 6.45) is 0.417. The highest BCUT2D eigenvalue weighted by Crippen LogP contribution is 2.68. The number of hydrogen-bond donors (Lipinski definition) is 4. The number of anilines is 2. The molecule has 2 aromatic carbocycles. The second kappa shape index (κ2) is 9.93. The summed E-state index contributed by atoms with van der Waals surface area (Å²) in [6, 6.07) is 21.3. The van der Waals surface area contributed by atoms with Gasteiger partial charge in [0.2, 0.25) is 23.6 Å². The highest BCUT2D eigenvalue weighted by atomic mass is 32.1. The molecule has 10 rings (SSSR count). The average molecular weight is 677 g/mol. The number of fused-ring (bicyclic) bond motifs is 11.